The number of carbonyl (C=O) groups excluding carboxylic acids is 5. The summed E-state index contributed by atoms with van der Waals surface area (Å²) in [5.41, 5.74) is 5.66. The number of amides is 4. The Balaban J connectivity index is 2.12. The second kappa shape index (κ2) is 9.63. The molecule has 3 rings (SSSR count). The van der Waals surface area contributed by atoms with Crippen molar-refractivity contribution in [2.75, 3.05) is 7.05 Å². The topological polar surface area (TPSA) is 148 Å². The van der Waals surface area contributed by atoms with Gasteiger partial charge in [0.2, 0.25) is 5.71 Å². The Morgan fingerprint density at radius 3 is 2.12 bits per heavy atom. The highest BCUT2D eigenvalue weighted by atomic mass is 35.5. The van der Waals surface area contributed by atoms with E-state index in [0.717, 1.165) is 23.3 Å². The smallest absolute Gasteiger partial charge is 0.427 e. The third kappa shape index (κ3) is 5.15. The van der Waals surface area contributed by atoms with Gasteiger partial charge in [-0.1, -0.05) is 17.7 Å². The number of ether oxygens (including phenoxy) is 2. The lowest BCUT2D eigenvalue weighted by Crippen LogP contribution is -2.55. The maximum absolute atomic E-state index is 12.9. The fraction of sp³-hybridized carbons (Fsp3) is 0.136. The molecule has 2 aromatic carbocycles. The van der Waals surface area contributed by atoms with Crippen LogP contribution >= 0.6 is 11.6 Å². The van der Waals surface area contributed by atoms with E-state index in [0.29, 0.717) is 5.02 Å². The van der Waals surface area contributed by atoms with Crippen molar-refractivity contribution in [2.45, 2.75) is 13.8 Å². The van der Waals surface area contributed by atoms with Crippen LogP contribution in [0.2, 0.25) is 5.02 Å². The molecule has 2 N–H and O–H groups in total. The molecule has 0 radical (unpaired) electrons. The Labute approximate surface area is 198 Å². The van der Waals surface area contributed by atoms with Crippen LogP contribution in [0, 0.1) is 0 Å². The van der Waals surface area contributed by atoms with E-state index in [1.54, 1.807) is 12.1 Å². The molecule has 2 aromatic rings. The molecule has 0 atom stereocenters. The maximum atomic E-state index is 12.9. The first-order valence-electron chi connectivity index (χ1n) is 9.63. The number of benzene rings is 2. The van der Waals surface area contributed by atoms with E-state index in [1.165, 1.54) is 37.4 Å². The Bertz CT molecular complexity index is 1280. The van der Waals surface area contributed by atoms with Crippen molar-refractivity contribution < 1.29 is 38.0 Å². The molecule has 11 nitrogen and oxygen atoms in total. The zero-order chi connectivity index (χ0) is 25.2. The van der Waals surface area contributed by atoms with Crippen LogP contribution in [-0.4, -0.2) is 57.9 Å². The van der Waals surface area contributed by atoms with Gasteiger partial charge in [0.1, 0.15) is 17.2 Å². The molecule has 4 amide bonds. The van der Waals surface area contributed by atoms with Crippen LogP contribution in [0.4, 0.5) is 10.5 Å². The van der Waals surface area contributed by atoms with Gasteiger partial charge < -0.3 is 15.2 Å². The van der Waals surface area contributed by atoms with Crippen LogP contribution in [0.15, 0.2) is 47.5 Å². The van der Waals surface area contributed by atoms with Crippen LogP contribution in [0.1, 0.15) is 24.2 Å². The largest absolute Gasteiger partial charge is 0.451 e. The molecule has 0 saturated carbocycles. The van der Waals surface area contributed by atoms with Gasteiger partial charge in [0.05, 0.1) is 7.05 Å². The van der Waals surface area contributed by atoms with Gasteiger partial charge in [0, 0.05) is 30.5 Å². The Hall–Kier alpha value is -4.38. The van der Waals surface area contributed by atoms with Crippen LogP contribution in [0.3, 0.4) is 0 Å². The molecule has 174 valence electrons. The number of carbonyl (C=O) groups is 5. The first kappa shape index (κ1) is 24.3. The summed E-state index contributed by atoms with van der Waals surface area (Å²) >= 11 is 6.00. The van der Waals surface area contributed by atoms with Gasteiger partial charge in [0.25, 0.3) is 11.7 Å². The first-order valence-corrected chi connectivity index (χ1v) is 10.0. The molecule has 0 bridgehead atoms. The lowest BCUT2D eigenvalue weighted by atomic mass is 10.1. The molecular formula is C22H18ClN4O7+. The van der Waals surface area contributed by atoms with E-state index in [1.807, 2.05) is 0 Å². The highest BCUT2D eigenvalue weighted by Crippen LogP contribution is 2.25. The number of nitrogens with two attached hydrogens (primary N) is 1. The molecule has 12 heteroatoms. The standard InChI is InChI=1S/C22H17ClN4O7/c1-11(28)33-16-7-13(8-17(10-16)34-12(2)29)20(30)25-18-19(24)27(22(32)26(3)21(18)31)15-6-4-5-14(23)9-15/h4-10,24H,1-3H3/p+1. The van der Waals surface area contributed by atoms with E-state index in [4.69, 9.17) is 26.8 Å². The van der Waals surface area contributed by atoms with Crippen molar-refractivity contribution in [3.63, 3.8) is 0 Å². The van der Waals surface area contributed by atoms with Crippen molar-refractivity contribution in [3.8, 4) is 11.5 Å². The van der Waals surface area contributed by atoms with E-state index >= 15 is 0 Å². The SMILES string of the molecule is CC(=O)Oc1cc(OC(C)=O)cc(C(=O)N=C2C(=O)N(C)C(=O)[N+](c3cccc(Cl)c3)=C2N)c1. The number of urea groups is 1. The summed E-state index contributed by atoms with van der Waals surface area (Å²) in [5.74, 6) is -3.80. The number of imide groups is 1. The molecule has 0 unspecified atom stereocenters. The number of nitrogens with zero attached hydrogens (tertiary/aromatic N) is 3. The van der Waals surface area contributed by atoms with Crippen molar-refractivity contribution in [1.29, 1.82) is 0 Å². The minimum atomic E-state index is -0.970. The molecule has 0 aliphatic carbocycles. The van der Waals surface area contributed by atoms with Gasteiger partial charge in [-0.15, -0.1) is 0 Å². The molecule has 0 aromatic heterocycles. The van der Waals surface area contributed by atoms with Crippen molar-refractivity contribution in [1.82, 2.24) is 4.90 Å². The summed E-state index contributed by atoms with van der Waals surface area (Å²) in [6.07, 6.45) is 0. The summed E-state index contributed by atoms with van der Waals surface area (Å²) in [6, 6.07) is 8.95. The van der Waals surface area contributed by atoms with E-state index in [9.17, 15) is 24.0 Å². The average molecular weight is 486 g/mol. The highest BCUT2D eigenvalue weighted by Gasteiger charge is 2.42. The summed E-state index contributed by atoms with van der Waals surface area (Å²) in [4.78, 5) is 65.6. The number of esters is 2. The lowest BCUT2D eigenvalue weighted by molar-refractivity contribution is -0.342. The zero-order valence-corrected chi connectivity index (χ0v) is 19.0. The van der Waals surface area contributed by atoms with Gasteiger partial charge >= 0.3 is 23.9 Å². The normalized spacial score (nSPS) is 14.9. The quantitative estimate of drug-likeness (QED) is 0.393. The van der Waals surface area contributed by atoms with Crippen LogP contribution < -0.4 is 15.2 Å². The monoisotopic (exact) mass is 485 g/mol. The highest BCUT2D eigenvalue weighted by molar-refractivity contribution is 6.68. The average Bonchev–Trinajstić information content (AvgIpc) is 2.74. The third-order valence-electron chi connectivity index (χ3n) is 4.40. The van der Waals surface area contributed by atoms with Gasteiger partial charge in [0.15, 0.2) is 0 Å². The third-order valence-corrected chi connectivity index (χ3v) is 4.63. The van der Waals surface area contributed by atoms with Crippen LogP contribution in [0.25, 0.3) is 0 Å². The van der Waals surface area contributed by atoms with Gasteiger partial charge in [-0.25, -0.2) is 9.59 Å². The molecule has 0 saturated heterocycles. The predicted octanol–water partition coefficient (Wildman–Crippen LogP) is 2.07. The Kier molecular flexibility index (Phi) is 6.87. The number of hydrogen-bond acceptors (Lipinski definition) is 8. The number of aliphatic imine (C=N–C) groups is 1. The van der Waals surface area contributed by atoms with Gasteiger partial charge in [-0.2, -0.15) is 14.5 Å². The summed E-state index contributed by atoms with van der Waals surface area (Å²) < 4.78 is 10.9. The number of rotatable bonds is 4. The molecule has 34 heavy (non-hydrogen) atoms. The number of amidine groups is 1. The minimum Gasteiger partial charge on any atom is -0.427 e. The molecule has 1 heterocycles. The van der Waals surface area contributed by atoms with Crippen molar-refractivity contribution in [2.24, 2.45) is 10.7 Å². The fourth-order valence-electron chi connectivity index (χ4n) is 3.00. The second-order valence-corrected chi connectivity index (χ2v) is 7.43. The van der Waals surface area contributed by atoms with E-state index in [-0.39, 0.29) is 28.6 Å². The molecule has 1 aliphatic rings. The molecule has 0 spiro atoms. The van der Waals surface area contributed by atoms with Crippen molar-refractivity contribution in [3.05, 3.63) is 53.1 Å². The number of hydrogen-bond donors (Lipinski definition) is 1. The summed E-state index contributed by atoms with van der Waals surface area (Å²) in [6.45, 7) is 2.29. The van der Waals surface area contributed by atoms with Crippen LogP contribution in [-0.2, 0) is 14.4 Å². The fourth-order valence-corrected chi connectivity index (χ4v) is 3.18. The molecule has 0 fully saturated rings. The predicted molar refractivity (Wildman–Crippen MR) is 120 cm³/mol. The lowest BCUT2D eigenvalue weighted by Gasteiger charge is -2.20. The maximum Gasteiger partial charge on any atom is 0.451 e. The van der Waals surface area contributed by atoms with Crippen molar-refractivity contribution >= 4 is 58.6 Å². The summed E-state index contributed by atoms with van der Waals surface area (Å²) in [5, 5.41) is 0.313. The minimum absolute atomic E-state index is 0.0884. The van der Waals surface area contributed by atoms with Gasteiger partial charge in [-0.05, 0) is 30.3 Å². The first-order chi connectivity index (χ1) is 16.0. The van der Waals surface area contributed by atoms with Gasteiger partial charge in [-0.3, -0.25) is 14.4 Å². The van der Waals surface area contributed by atoms with E-state index in [2.05, 4.69) is 4.99 Å². The van der Waals surface area contributed by atoms with Crippen LogP contribution in [0.5, 0.6) is 11.5 Å². The van der Waals surface area contributed by atoms with E-state index < -0.39 is 35.5 Å². The second-order valence-electron chi connectivity index (χ2n) is 6.99. The number of halogens is 1. The molecular weight excluding hydrogens is 468 g/mol. The molecule has 1 aliphatic heterocycles. The summed E-state index contributed by atoms with van der Waals surface area (Å²) in [7, 11) is 1.20. The zero-order valence-electron chi connectivity index (χ0n) is 18.2. The Morgan fingerprint density at radius 1 is 1.00 bits per heavy atom. The Morgan fingerprint density at radius 2 is 1.59 bits per heavy atom.